The number of fused-ring (bicyclic) bond motifs is 6. The van der Waals surface area contributed by atoms with Gasteiger partial charge in [0.25, 0.3) is 0 Å². The molecule has 0 bridgehead atoms. The summed E-state index contributed by atoms with van der Waals surface area (Å²) < 4.78 is 6.27. The molecule has 3 heteroatoms. The summed E-state index contributed by atoms with van der Waals surface area (Å²) in [6.45, 7) is 8.99. The van der Waals surface area contributed by atoms with Gasteiger partial charge in [-0.2, -0.15) is 0 Å². The van der Waals surface area contributed by atoms with Gasteiger partial charge in [0.15, 0.2) is 0 Å². The highest BCUT2D eigenvalue weighted by Crippen LogP contribution is 2.69. The maximum Gasteiger partial charge on any atom is 0.317 e. The van der Waals surface area contributed by atoms with E-state index in [1.165, 1.54) is 23.1 Å². The topological polar surface area (TPSA) is 46.5 Å². The van der Waals surface area contributed by atoms with Crippen molar-refractivity contribution in [3.63, 3.8) is 0 Å². The van der Waals surface area contributed by atoms with Gasteiger partial charge in [-0.25, -0.2) is 0 Å². The van der Waals surface area contributed by atoms with Gasteiger partial charge in [0.1, 0.15) is 5.76 Å². The summed E-state index contributed by atoms with van der Waals surface area (Å²) in [7, 11) is 0. The third-order valence-electron chi connectivity index (χ3n) is 10.6. The predicted molar refractivity (Wildman–Crippen MR) is 129 cm³/mol. The molecular weight excluding hydrogens is 408 g/mol. The third kappa shape index (κ3) is 2.87. The van der Waals surface area contributed by atoms with Crippen LogP contribution in [0.15, 0.2) is 53.3 Å². The van der Waals surface area contributed by atoms with Crippen LogP contribution in [0.5, 0.6) is 0 Å². The standard InChI is InChI=1S/C30H38O3/c1-28(2)25(18-8-6-5-7-9-18)22-17-24-21-11-10-19-16-20(31)12-14-29(19,3)23(21)13-15-30(24,4)26(22)33-27(28)32/h5-10,20-21,23-25,31H,11-17H2,1-4H3/t20-,21-,23-,24-,25+,29-,30-/m0/s1. The number of aliphatic hydroxyl groups is 1. The van der Waals surface area contributed by atoms with Crippen LogP contribution >= 0.6 is 0 Å². The summed E-state index contributed by atoms with van der Waals surface area (Å²) in [5, 5.41) is 10.3. The van der Waals surface area contributed by atoms with Gasteiger partial charge in [0, 0.05) is 11.3 Å². The van der Waals surface area contributed by atoms with Crippen molar-refractivity contribution in [2.45, 2.75) is 84.7 Å². The Hall–Kier alpha value is -1.87. The van der Waals surface area contributed by atoms with Gasteiger partial charge in [-0.15, -0.1) is 0 Å². The van der Waals surface area contributed by atoms with E-state index >= 15 is 0 Å². The molecule has 6 rings (SSSR count). The molecule has 0 radical (unpaired) electrons. The van der Waals surface area contributed by atoms with Gasteiger partial charge in [0.2, 0.25) is 0 Å². The second-order valence-corrected chi connectivity index (χ2v) is 12.6. The number of carbonyl (C=O) groups is 1. The van der Waals surface area contributed by atoms with Crippen LogP contribution in [0.4, 0.5) is 0 Å². The highest BCUT2D eigenvalue weighted by molar-refractivity contribution is 5.81. The number of carbonyl (C=O) groups excluding carboxylic acids is 1. The Labute approximate surface area is 198 Å². The molecule has 176 valence electrons. The molecule has 1 aliphatic heterocycles. The Kier molecular flexibility index (Phi) is 4.64. The van der Waals surface area contributed by atoms with Crippen LogP contribution in [0, 0.1) is 34.0 Å². The van der Waals surface area contributed by atoms with Crippen LogP contribution in [0.2, 0.25) is 0 Å². The molecule has 1 aromatic rings. The lowest BCUT2D eigenvalue weighted by molar-refractivity contribution is -0.155. The quantitative estimate of drug-likeness (QED) is 0.393. The molecule has 4 aliphatic carbocycles. The second-order valence-electron chi connectivity index (χ2n) is 12.6. The zero-order valence-corrected chi connectivity index (χ0v) is 20.6. The van der Waals surface area contributed by atoms with Crippen molar-refractivity contribution in [1.29, 1.82) is 0 Å². The molecule has 0 saturated heterocycles. The second kappa shape index (κ2) is 7.07. The van der Waals surface area contributed by atoms with E-state index in [0.29, 0.717) is 17.8 Å². The minimum Gasteiger partial charge on any atom is -0.430 e. The van der Waals surface area contributed by atoms with Gasteiger partial charge in [0.05, 0.1) is 11.5 Å². The van der Waals surface area contributed by atoms with Crippen molar-refractivity contribution in [3.8, 4) is 0 Å². The van der Waals surface area contributed by atoms with Gasteiger partial charge in [-0.3, -0.25) is 4.79 Å². The van der Waals surface area contributed by atoms with Crippen molar-refractivity contribution in [1.82, 2.24) is 0 Å². The van der Waals surface area contributed by atoms with E-state index in [1.807, 2.05) is 0 Å². The van der Waals surface area contributed by atoms with Crippen LogP contribution in [-0.2, 0) is 9.53 Å². The molecule has 33 heavy (non-hydrogen) atoms. The Bertz CT molecular complexity index is 1050. The van der Waals surface area contributed by atoms with Gasteiger partial charge >= 0.3 is 5.97 Å². The first-order valence-electron chi connectivity index (χ1n) is 13.0. The number of aliphatic hydroxyl groups excluding tert-OH is 1. The molecule has 0 unspecified atom stereocenters. The summed E-state index contributed by atoms with van der Waals surface area (Å²) in [4.78, 5) is 13.3. The molecule has 0 amide bonds. The molecule has 2 fully saturated rings. The van der Waals surface area contributed by atoms with Crippen LogP contribution in [0.3, 0.4) is 0 Å². The van der Waals surface area contributed by atoms with E-state index in [0.717, 1.165) is 44.3 Å². The molecule has 7 atom stereocenters. The maximum absolute atomic E-state index is 13.3. The number of hydrogen-bond acceptors (Lipinski definition) is 3. The smallest absolute Gasteiger partial charge is 0.317 e. The fourth-order valence-corrected chi connectivity index (χ4v) is 8.79. The number of rotatable bonds is 1. The lowest BCUT2D eigenvalue weighted by Gasteiger charge is -2.57. The summed E-state index contributed by atoms with van der Waals surface area (Å²) >= 11 is 0. The fraction of sp³-hybridized carbons (Fsp3) is 0.633. The first kappa shape index (κ1) is 21.6. The fourth-order valence-electron chi connectivity index (χ4n) is 8.79. The van der Waals surface area contributed by atoms with Gasteiger partial charge < -0.3 is 9.84 Å². The van der Waals surface area contributed by atoms with Crippen molar-refractivity contribution >= 4 is 5.97 Å². The van der Waals surface area contributed by atoms with Crippen LogP contribution in [0.25, 0.3) is 0 Å². The minimum atomic E-state index is -0.561. The summed E-state index contributed by atoms with van der Waals surface area (Å²) in [5.41, 5.74) is 3.75. The molecule has 2 saturated carbocycles. The van der Waals surface area contributed by atoms with Gasteiger partial charge in [-0.1, -0.05) is 55.8 Å². The Morgan fingerprint density at radius 3 is 2.42 bits per heavy atom. The van der Waals surface area contributed by atoms with E-state index in [-0.39, 0.29) is 28.8 Å². The molecule has 1 heterocycles. The number of esters is 1. The normalized spacial score (nSPS) is 43.6. The van der Waals surface area contributed by atoms with Crippen molar-refractivity contribution in [3.05, 3.63) is 58.9 Å². The molecule has 0 aromatic heterocycles. The number of benzene rings is 1. The van der Waals surface area contributed by atoms with E-state index in [1.54, 1.807) is 0 Å². The molecular formula is C30H38O3. The molecule has 3 nitrogen and oxygen atoms in total. The monoisotopic (exact) mass is 446 g/mol. The maximum atomic E-state index is 13.3. The van der Waals surface area contributed by atoms with Crippen LogP contribution in [0.1, 0.15) is 84.1 Å². The number of hydrogen-bond donors (Lipinski definition) is 1. The molecule has 0 spiro atoms. The average molecular weight is 447 g/mol. The van der Waals surface area contributed by atoms with Gasteiger partial charge in [-0.05, 0) is 93.1 Å². The van der Waals surface area contributed by atoms with E-state index in [4.69, 9.17) is 4.74 Å². The number of ether oxygens (including phenoxy) is 1. The molecule has 1 N–H and O–H groups in total. The van der Waals surface area contributed by atoms with Crippen molar-refractivity contribution in [2.75, 3.05) is 0 Å². The molecule has 5 aliphatic rings. The Morgan fingerprint density at radius 1 is 0.939 bits per heavy atom. The summed E-state index contributed by atoms with van der Waals surface area (Å²) in [5.74, 6) is 2.85. The summed E-state index contributed by atoms with van der Waals surface area (Å²) in [6, 6.07) is 10.6. The SMILES string of the molecule is CC1(C)C(=O)OC2=C(C[C@H]3[C@H]4CC=C5C[C@@H](O)CC[C@]5(C)[C@H]4CC[C@]23C)[C@H]1c1ccccc1. The van der Waals surface area contributed by atoms with E-state index in [2.05, 4.69) is 64.1 Å². The predicted octanol–water partition coefficient (Wildman–Crippen LogP) is 6.54. The average Bonchev–Trinajstić information content (AvgIpc) is 3.07. The first-order chi connectivity index (χ1) is 15.7. The minimum absolute atomic E-state index is 0.0500. The Balaban J connectivity index is 1.41. The summed E-state index contributed by atoms with van der Waals surface area (Å²) in [6.07, 6.45) is 9.65. The zero-order chi connectivity index (χ0) is 23.2. The highest BCUT2D eigenvalue weighted by atomic mass is 16.5. The Morgan fingerprint density at radius 2 is 1.67 bits per heavy atom. The lowest BCUT2D eigenvalue weighted by Crippen LogP contribution is -2.50. The van der Waals surface area contributed by atoms with Crippen LogP contribution < -0.4 is 0 Å². The number of allylic oxidation sites excluding steroid dienone is 3. The first-order valence-corrected chi connectivity index (χ1v) is 13.0. The third-order valence-corrected chi connectivity index (χ3v) is 10.6. The van der Waals surface area contributed by atoms with E-state index in [9.17, 15) is 9.90 Å². The largest absolute Gasteiger partial charge is 0.430 e. The highest BCUT2D eigenvalue weighted by Gasteiger charge is 2.62. The molecule has 1 aromatic carbocycles. The van der Waals surface area contributed by atoms with Crippen molar-refractivity contribution < 1.29 is 14.6 Å². The zero-order valence-electron chi connectivity index (χ0n) is 20.6. The van der Waals surface area contributed by atoms with Crippen molar-refractivity contribution in [2.24, 2.45) is 34.0 Å². The van der Waals surface area contributed by atoms with Crippen LogP contribution in [-0.4, -0.2) is 17.2 Å². The lowest BCUT2D eigenvalue weighted by atomic mass is 9.48. The van der Waals surface area contributed by atoms with E-state index < -0.39 is 5.41 Å².